The molecule has 4 atom stereocenters. The zero-order valence-electron chi connectivity index (χ0n) is 29.4. The van der Waals surface area contributed by atoms with Crippen LogP contribution in [0.15, 0.2) is 70.0 Å². The van der Waals surface area contributed by atoms with Crippen LogP contribution in [0.5, 0.6) is 0 Å². The lowest BCUT2D eigenvalue weighted by Crippen LogP contribution is -2.57. The first-order chi connectivity index (χ1) is 24.5. The molecule has 1 aliphatic rings. The maximum absolute atomic E-state index is 14.2. The molecule has 12 nitrogen and oxygen atoms in total. The molecule has 17 heteroatoms. The molecular weight excluding hydrogens is 722 g/mol. The van der Waals surface area contributed by atoms with Crippen LogP contribution in [-0.4, -0.2) is 100 Å². The maximum Gasteiger partial charge on any atom is 0.443 e. The third-order valence-electron chi connectivity index (χ3n) is 8.84. The number of amides is 3. The molecule has 52 heavy (non-hydrogen) atoms. The van der Waals surface area contributed by atoms with Crippen molar-refractivity contribution in [1.29, 1.82) is 0 Å². The van der Waals surface area contributed by atoms with Gasteiger partial charge in [0.25, 0.3) is 0 Å². The van der Waals surface area contributed by atoms with Crippen molar-refractivity contribution in [2.45, 2.75) is 76.3 Å². The number of carbonyl (C=O) groups is 2. The number of thiazole rings is 1. The van der Waals surface area contributed by atoms with E-state index in [0.717, 1.165) is 11.8 Å². The number of benzene rings is 2. The van der Waals surface area contributed by atoms with Crippen LogP contribution in [0.25, 0.3) is 0 Å². The van der Waals surface area contributed by atoms with Crippen LogP contribution in [-0.2, 0) is 34.0 Å². The van der Waals surface area contributed by atoms with Gasteiger partial charge < -0.3 is 25.4 Å². The molecule has 2 aromatic carbocycles. The van der Waals surface area contributed by atoms with Gasteiger partial charge in [0.15, 0.2) is 5.01 Å². The molecule has 0 saturated carbocycles. The summed E-state index contributed by atoms with van der Waals surface area (Å²) >= 11 is 0.452. The van der Waals surface area contributed by atoms with E-state index in [-0.39, 0.29) is 61.6 Å². The number of aromatic nitrogens is 1. The number of hydrogen-bond acceptors (Lipinski definition) is 9. The zero-order chi connectivity index (χ0) is 38.2. The number of urea groups is 1. The standard InChI is InChI=1S/C35H45F3N6O6S2/c1-5-24(4)31(44-16-15-42(34(44)47)20-27-22-51-33(40-27)35(36,37)38)32(46)41-29(17-25-9-7-6-8-10-25)30(45)21-43(19-23(2)3)52(49,50)28-13-11-26(12-14-28)18-39-48/h6-14,18,22-24,29-31,45,48H,5,15-17,19-21H2,1-4H3,(H,41,46)/b39-18+/t24-,29-,30+,31-/m0/s1. The number of sulfonamides is 1. The smallest absolute Gasteiger partial charge is 0.411 e. The van der Waals surface area contributed by atoms with Crippen LogP contribution in [0, 0.1) is 11.8 Å². The van der Waals surface area contributed by atoms with Gasteiger partial charge in [0, 0.05) is 31.6 Å². The SMILES string of the molecule is CC[C@H](C)[C@@H](C(=O)N[C@@H](Cc1ccccc1)[C@H](O)CN(CC(C)C)S(=O)(=O)c1ccc(/C=N/O)cc1)N1CCN(Cc2csc(C(F)(F)F)n2)C1=O. The Morgan fingerprint density at radius 3 is 2.35 bits per heavy atom. The summed E-state index contributed by atoms with van der Waals surface area (Å²) in [5, 5.41) is 26.7. The maximum atomic E-state index is 14.2. The van der Waals surface area contributed by atoms with E-state index in [2.05, 4.69) is 15.5 Å². The van der Waals surface area contributed by atoms with Gasteiger partial charge in [-0.3, -0.25) is 4.79 Å². The highest BCUT2D eigenvalue weighted by Crippen LogP contribution is 2.32. The molecule has 1 fully saturated rings. The second-order valence-electron chi connectivity index (χ2n) is 13.3. The summed E-state index contributed by atoms with van der Waals surface area (Å²) in [6.45, 7) is 7.25. The molecule has 3 aromatic rings. The Labute approximate surface area is 306 Å². The van der Waals surface area contributed by atoms with Crippen LogP contribution in [0.3, 0.4) is 0 Å². The molecule has 3 amide bonds. The predicted octanol–water partition coefficient (Wildman–Crippen LogP) is 5.06. The lowest BCUT2D eigenvalue weighted by molar-refractivity contribution is -0.137. The molecule has 0 bridgehead atoms. The third-order valence-corrected chi connectivity index (χ3v) is 11.6. The van der Waals surface area contributed by atoms with E-state index in [0.29, 0.717) is 23.3 Å². The molecule has 1 saturated heterocycles. The number of aliphatic hydroxyl groups is 1. The van der Waals surface area contributed by atoms with Gasteiger partial charge in [0.05, 0.1) is 35.5 Å². The van der Waals surface area contributed by atoms with Gasteiger partial charge in [-0.05, 0) is 41.5 Å². The lowest BCUT2D eigenvalue weighted by atomic mass is 9.95. The highest BCUT2D eigenvalue weighted by molar-refractivity contribution is 7.89. The van der Waals surface area contributed by atoms with Gasteiger partial charge in [-0.1, -0.05) is 81.7 Å². The molecule has 284 valence electrons. The number of aliphatic hydroxyl groups excluding tert-OH is 1. The molecule has 3 N–H and O–H groups in total. The number of rotatable bonds is 17. The van der Waals surface area contributed by atoms with E-state index in [1.807, 2.05) is 45.9 Å². The molecule has 0 spiro atoms. The van der Waals surface area contributed by atoms with Crippen molar-refractivity contribution in [2.75, 3.05) is 26.2 Å². The van der Waals surface area contributed by atoms with Crippen LogP contribution in [0.4, 0.5) is 18.0 Å². The van der Waals surface area contributed by atoms with Crippen LogP contribution >= 0.6 is 11.3 Å². The summed E-state index contributed by atoms with van der Waals surface area (Å²) in [7, 11) is -4.12. The normalized spacial score (nSPS) is 16.5. The third kappa shape index (κ3) is 10.3. The number of nitrogens with one attached hydrogen (secondary N) is 1. The van der Waals surface area contributed by atoms with E-state index in [9.17, 15) is 36.3 Å². The Kier molecular flexibility index (Phi) is 13.8. The Bertz CT molecular complexity index is 1770. The average molecular weight is 767 g/mol. The van der Waals surface area contributed by atoms with E-state index in [1.165, 1.54) is 43.8 Å². The second kappa shape index (κ2) is 17.6. The minimum Gasteiger partial charge on any atom is -0.411 e. The molecular formula is C35H45F3N6O6S2. The van der Waals surface area contributed by atoms with Gasteiger partial charge >= 0.3 is 12.2 Å². The summed E-state index contributed by atoms with van der Waals surface area (Å²) in [4.78, 5) is 34.2. The molecule has 4 rings (SSSR count). The first-order valence-corrected chi connectivity index (χ1v) is 19.2. The molecule has 0 aliphatic carbocycles. The number of alkyl halides is 3. The Balaban J connectivity index is 1.58. The van der Waals surface area contributed by atoms with Gasteiger partial charge in [0.1, 0.15) is 6.04 Å². The number of hydrogen-bond donors (Lipinski definition) is 3. The summed E-state index contributed by atoms with van der Waals surface area (Å²) in [6.07, 6.45) is -4.15. The monoisotopic (exact) mass is 766 g/mol. The minimum absolute atomic E-state index is 0.0275. The van der Waals surface area contributed by atoms with Crippen molar-refractivity contribution < 1.29 is 41.5 Å². The lowest BCUT2D eigenvalue weighted by Gasteiger charge is -2.35. The average Bonchev–Trinajstić information content (AvgIpc) is 3.72. The highest BCUT2D eigenvalue weighted by Gasteiger charge is 2.42. The summed E-state index contributed by atoms with van der Waals surface area (Å²) in [5.74, 6) is -1.00. The van der Waals surface area contributed by atoms with Gasteiger partial charge in [0.2, 0.25) is 15.9 Å². The van der Waals surface area contributed by atoms with Crippen LogP contribution in [0.2, 0.25) is 0 Å². The fourth-order valence-electron chi connectivity index (χ4n) is 6.02. The number of oxime groups is 1. The van der Waals surface area contributed by atoms with Crippen molar-refractivity contribution in [3.63, 3.8) is 0 Å². The van der Waals surface area contributed by atoms with E-state index >= 15 is 0 Å². The van der Waals surface area contributed by atoms with Crippen molar-refractivity contribution in [3.05, 3.63) is 81.8 Å². The molecule has 0 radical (unpaired) electrons. The topological polar surface area (TPSA) is 156 Å². The Morgan fingerprint density at radius 1 is 1.10 bits per heavy atom. The minimum atomic E-state index is -4.59. The quantitative estimate of drug-likeness (QED) is 0.0986. The molecule has 1 aliphatic heterocycles. The van der Waals surface area contributed by atoms with E-state index < -0.39 is 51.3 Å². The zero-order valence-corrected chi connectivity index (χ0v) is 31.0. The summed E-state index contributed by atoms with van der Waals surface area (Å²) < 4.78 is 68.3. The van der Waals surface area contributed by atoms with Crippen LogP contribution in [0.1, 0.15) is 55.9 Å². The van der Waals surface area contributed by atoms with Crippen molar-refractivity contribution in [2.24, 2.45) is 17.0 Å². The summed E-state index contributed by atoms with van der Waals surface area (Å²) in [5.41, 5.74) is 1.35. The van der Waals surface area contributed by atoms with Crippen molar-refractivity contribution in [3.8, 4) is 0 Å². The highest BCUT2D eigenvalue weighted by atomic mass is 32.2. The van der Waals surface area contributed by atoms with Crippen LogP contribution < -0.4 is 5.32 Å². The van der Waals surface area contributed by atoms with Crippen molar-refractivity contribution >= 4 is 39.5 Å². The number of nitrogens with zero attached hydrogens (tertiary/aromatic N) is 5. The number of halogens is 3. The van der Waals surface area contributed by atoms with Gasteiger partial charge in [-0.15, -0.1) is 11.3 Å². The summed E-state index contributed by atoms with van der Waals surface area (Å²) in [6, 6.07) is 12.3. The Morgan fingerprint density at radius 2 is 1.77 bits per heavy atom. The van der Waals surface area contributed by atoms with Crippen molar-refractivity contribution in [1.82, 2.24) is 24.4 Å². The van der Waals surface area contributed by atoms with E-state index in [4.69, 9.17) is 5.21 Å². The largest absolute Gasteiger partial charge is 0.443 e. The first-order valence-electron chi connectivity index (χ1n) is 16.9. The first kappa shape index (κ1) is 40.7. The number of carbonyl (C=O) groups excluding carboxylic acids is 2. The molecule has 1 aromatic heterocycles. The predicted molar refractivity (Wildman–Crippen MR) is 190 cm³/mol. The Hall–Kier alpha value is -4.06. The van der Waals surface area contributed by atoms with E-state index in [1.54, 1.807) is 12.1 Å². The molecule has 0 unspecified atom stereocenters. The fraction of sp³-hybridized carbons (Fsp3) is 0.486. The second-order valence-corrected chi connectivity index (χ2v) is 16.1. The molecule has 2 heterocycles. The fourth-order valence-corrected chi connectivity index (χ4v) is 8.32. The van der Waals surface area contributed by atoms with Gasteiger partial charge in [-0.2, -0.15) is 17.5 Å². The van der Waals surface area contributed by atoms with Gasteiger partial charge in [-0.25, -0.2) is 18.2 Å².